The fraction of sp³-hybridized carbons (Fsp3) is 0.391. The summed E-state index contributed by atoms with van der Waals surface area (Å²) >= 11 is 0. The normalized spacial score (nSPS) is 21.0. The molecule has 2 aliphatic heterocycles. The zero-order valence-corrected chi connectivity index (χ0v) is 16.6. The van der Waals surface area contributed by atoms with Gasteiger partial charge in [-0.05, 0) is 62.9 Å². The van der Waals surface area contributed by atoms with Crippen molar-refractivity contribution in [3.8, 4) is 0 Å². The molecule has 0 radical (unpaired) electrons. The van der Waals surface area contributed by atoms with Crippen LogP contribution in [0, 0.1) is 6.92 Å². The molecule has 1 atom stereocenters. The third kappa shape index (κ3) is 2.53. The molecular weight excluding hydrogens is 350 g/mol. The topological polar surface area (TPSA) is 43.9 Å². The van der Waals surface area contributed by atoms with Crippen LogP contribution in [0.4, 0.5) is 17.1 Å². The van der Waals surface area contributed by atoms with Crippen molar-refractivity contribution >= 4 is 28.9 Å². The van der Waals surface area contributed by atoms with Gasteiger partial charge in [-0.15, -0.1) is 0 Å². The van der Waals surface area contributed by atoms with E-state index in [1.54, 1.807) is 4.90 Å². The van der Waals surface area contributed by atoms with Crippen molar-refractivity contribution in [1.29, 1.82) is 0 Å². The lowest BCUT2D eigenvalue weighted by Gasteiger charge is -2.40. The van der Waals surface area contributed by atoms with Gasteiger partial charge >= 0.3 is 0 Å². The predicted molar refractivity (Wildman–Crippen MR) is 111 cm³/mol. The van der Waals surface area contributed by atoms with Gasteiger partial charge in [0.05, 0.1) is 11.4 Å². The van der Waals surface area contributed by atoms with Crippen LogP contribution >= 0.6 is 0 Å². The number of fused-ring (bicyclic) bond motifs is 2. The van der Waals surface area contributed by atoms with Crippen LogP contribution in [0.2, 0.25) is 0 Å². The van der Waals surface area contributed by atoms with Gasteiger partial charge in [0.15, 0.2) is 0 Å². The smallest absolute Gasteiger partial charge is 0.258 e. The molecule has 5 rings (SSSR count). The average molecular weight is 375 g/mol. The minimum Gasteiger partial charge on any atom is -0.355 e. The minimum atomic E-state index is -0.189. The number of nitrogens with zero attached hydrogens (tertiary/aromatic N) is 3. The summed E-state index contributed by atoms with van der Waals surface area (Å²) in [5.41, 5.74) is 6.07. The second-order valence-corrected chi connectivity index (χ2v) is 8.25. The fourth-order valence-electron chi connectivity index (χ4n) is 4.64. The van der Waals surface area contributed by atoms with Gasteiger partial charge in [-0.1, -0.05) is 17.7 Å². The third-order valence-electron chi connectivity index (χ3n) is 6.28. The first-order valence-corrected chi connectivity index (χ1v) is 10.1. The Morgan fingerprint density at radius 1 is 1.04 bits per heavy atom. The monoisotopic (exact) mass is 375 g/mol. The van der Waals surface area contributed by atoms with Gasteiger partial charge in [0, 0.05) is 30.9 Å². The van der Waals surface area contributed by atoms with E-state index in [2.05, 4.69) is 30.0 Å². The zero-order chi connectivity index (χ0) is 19.6. The number of anilines is 3. The van der Waals surface area contributed by atoms with Gasteiger partial charge in [-0.3, -0.25) is 9.59 Å². The summed E-state index contributed by atoms with van der Waals surface area (Å²) in [6.45, 7) is 4.77. The van der Waals surface area contributed by atoms with E-state index in [0.717, 1.165) is 42.9 Å². The first-order chi connectivity index (χ1) is 13.5. The molecule has 1 saturated carbocycles. The van der Waals surface area contributed by atoms with E-state index in [4.69, 9.17) is 0 Å². The lowest BCUT2D eigenvalue weighted by molar-refractivity contribution is -0.119. The molecule has 144 valence electrons. The molecule has 0 bridgehead atoms. The molecule has 2 aromatic carbocycles. The molecule has 2 amide bonds. The lowest BCUT2D eigenvalue weighted by atomic mass is 10.0. The number of benzene rings is 2. The van der Waals surface area contributed by atoms with Crippen LogP contribution < -0.4 is 14.7 Å². The Morgan fingerprint density at radius 3 is 2.54 bits per heavy atom. The molecule has 2 heterocycles. The molecule has 5 heteroatoms. The van der Waals surface area contributed by atoms with E-state index in [-0.39, 0.29) is 17.9 Å². The van der Waals surface area contributed by atoms with E-state index in [0.29, 0.717) is 11.6 Å². The van der Waals surface area contributed by atoms with E-state index in [1.807, 2.05) is 37.1 Å². The highest BCUT2D eigenvalue weighted by molar-refractivity contribution is 6.10. The summed E-state index contributed by atoms with van der Waals surface area (Å²) in [7, 11) is 1.82. The molecule has 1 fully saturated rings. The van der Waals surface area contributed by atoms with Crippen molar-refractivity contribution in [3.05, 3.63) is 53.1 Å². The van der Waals surface area contributed by atoms with Crippen molar-refractivity contribution in [3.63, 3.8) is 0 Å². The Morgan fingerprint density at radius 2 is 1.79 bits per heavy atom. The van der Waals surface area contributed by atoms with Gasteiger partial charge in [-0.2, -0.15) is 0 Å². The molecule has 1 aliphatic carbocycles. The van der Waals surface area contributed by atoms with E-state index in [9.17, 15) is 9.59 Å². The predicted octanol–water partition coefficient (Wildman–Crippen LogP) is 3.53. The average Bonchev–Trinajstić information content (AvgIpc) is 3.44. The Labute approximate surface area is 165 Å². The number of rotatable bonds is 2. The van der Waals surface area contributed by atoms with Crippen molar-refractivity contribution in [2.45, 2.75) is 45.2 Å². The second-order valence-electron chi connectivity index (χ2n) is 8.25. The number of carbonyl (C=O) groups excluding carboxylic acids is 2. The van der Waals surface area contributed by atoms with Crippen molar-refractivity contribution < 1.29 is 9.59 Å². The van der Waals surface area contributed by atoms with Gasteiger partial charge < -0.3 is 14.7 Å². The van der Waals surface area contributed by atoms with E-state index >= 15 is 0 Å². The van der Waals surface area contributed by atoms with Gasteiger partial charge in [0.2, 0.25) is 5.91 Å². The maximum Gasteiger partial charge on any atom is 0.258 e. The Kier molecular flexibility index (Phi) is 3.76. The standard InChI is InChI=1S/C23H25N3O2/c1-14-4-8-19-16(12-14)10-11-25(19)23(28)17-5-9-20-21(13-17)26(18-6-7-18)15(2)22(27)24(20)3/h4-5,8-9,12-13,15,18H,6-7,10-11H2,1-3H3. The number of carbonyl (C=O) groups is 2. The lowest BCUT2D eigenvalue weighted by Crippen LogP contribution is -2.51. The maximum absolute atomic E-state index is 13.3. The summed E-state index contributed by atoms with van der Waals surface area (Å²) in [4.78, 5) is 31.8. The molecule has 0 N–H and O–H groups in total. The summed E-state index contributed by atoms with van der Waals surface area (Å²) in [6, 6.07) is 12.3. The largest absolute Gasteiger partial charge is 0.355 e. The number of likely N-dealkylation sites (N-methyl/N-ethyl adjacent to an activating group) is 1. The third-order valence-corrected chi connectivity index (χ3v) is 6.28. The van der Waals surface area contributed by atoms with E-state index in [1.165, 1.54) is 11.1 Å². The van der Waals surface area contributed by atoms with Crippen LogP contribution in [-0.2, 0) is 11.2 Å². The zero-order valence-electron chi connectivity index (χ0n) is 16.6. The van der Waals surface area contributed by atoms with Gasteiger partial charge in [0.1, 0.15) is 6.04 Å². The first-order valence-electron chi connectivity index (χ1n) is 10.1. The molecular formula is C23H25N3O2. The van der Waals surface area contributed by atoms with Crippen LogP contribution in [0.5, 0.6) is 0 Å². The highest BCUT2D eigenvalue weighted by atomic mass is 16.2. The molecule has 0 aromatic heterocycles. The number of amides is 2. The number of hydrogen-bond acceptors (Lipinski definition) is 3. The minimum absolute atomic E-state index is 0.0355. The van der Waals surface area contributed by atoms with Crippen LogP contribution in [0.3, 0.4) is 0 Å². The summed E-state index contributed by atoms with van der Waals surface area (Å²) in [5.74, 6) is 0.149. The first kappa shape index (κ1) is 17.3. The van der Waals surface area contributed by atoms with Crippen molar-refractivity contribution in [1.82, 2.24) is 0 Å². The van der Waals surface area contributed by atoms with Crippen LogP contribution in [0.15, 0.2) is 36.4 Å². The number of hydrogen-bond donors (Lipinski definition) is 0. The fourth-order valence-corrected chi connectivity index (χ4v) is 4.64. The van der Waals surface area contributed by atoms with E-state index < -0.39 is 0 Å². The molecule has 2 aromatic rings. The second kappa shape index (κ2) is 6.09. The Hall–Kier alpha value is -2.82. The maximum atomic E-state index is 13.3. The van der Waals surface area contributed by atoms with Crippen LogP contribution in [0.25, 0.3) is 0 Å². The van der Waals surface area contributed by atoms with Crippen molar-refractivity contribution in [2.75, 3.05) is 28.3 Å². The molecule has 28 heavy (non-hydrogen) atoms. The highest BCUT2D eigenvalue weighted by Crippen LogP contribution is 2.43. The SMILES string of the molecule is Cc1ccc2c(c1)CCN2C(=O)c1ccc2c(c1)N(C1CC1)C(C)C(=O)N2C. The number of aryl methyl sites for hydroxylation is 1. The summed E-state index contributed by atoms with van der Waals surface area (Å²) in [6.07, 6.45) is 3.12. The molecule has 5 nitrogen and oxygen atoms in total. The van der Waals surface area contributed by atoms with Gasteiger partial charge in [0.25, 0.3) is 5.91 Å². The molecule has 1 unspecified atom stereocenters. The molecule has 0 spiro atoms. The molecule has 3 aliphatic rings. The van der Waals surface area contributed by atoms with Crippen molar-refractivity contribution in [2.24, 2.45) is 0 Å². The summed E-state index contributed by atoms with van der Waals surface area (Å²) < 4.78 is 0. The highest BCUT2D eigenvalue weighted by Gasteiger charge is 2.41. The molecule has 0 saturated heterocycles. The Bertz CT molecular complexity index is 995. The van der Waals surface area contributed by atoms with Crippen LogP contribution in [0.1, 0.15) is 41.3 Å². The quantitative estimate of drug-likeness (QED) is 0.807. The Balaban J connectivity index is 1.53. The summed E-state index contributed by atoms with van der Waals surface area (Å²) in [5, 5.41) is 0. The van der Waals surface area contributed by atoms with Crippen LogP contribution in [-0.4, -0.2) is 37.5 Å². The van der Waals surface area contributed by atoms with Gasteiger partial charge in [-0.25, -0.2) is 0 Å².